The lowest BCUT2D eigenvalue weighted by Gasteiger charge is -2.21. The number of nitrogens with zero attached hydrogens (tertiary/aromatic N) is 5. The van der Waals surface area contributed by atoms with E-state index in [9.17, 15) is 27.2 Å². The molecule has 1 saturated heterocycles. The number of ether oxygens (including phenoxy) is 1. The number of benzene rings is 3. The fourth-order valence-corrected chi connectivity index (χ4v) is 5.31. The highest BCUT2D eigenvalue weighted by Crippen LogP contribution is 2.34. The van der Waals surface area contributed by atoms with E-state index >= 15 is 0 Å². The first-order valence-electron chi connectivity index (χ1n) is 13.5. The molecule has 228 valence electrons. The Balaban J connectivity index is 1.21. The zero-order valence-corrected chi connectivity index (χ0v) is 24.3. The lowest BCUT2D eigenvalue weighted by atomic mass is 10.0. The predicted molar refractivity (Wildman–Crippen MR) is 159 cm³/mol. The topological polar surface area (TPSA) is 102 Å². The summed E-state index contributed by atoms with van der Waals surface area (Å²) >= 11 is 1.02. The summed E-state index contributed by atoms with van der Waals surface area (Å²) in [4.78, 5) is 35.1. The lowest BCUT2D eigenvalue weighted by Crippen LogP contribution is -2.32. The van der Waals surface area contributed by atoms with Gasteiger partial charge in [-0.2, -0.15) is 4.99 Å². The standard InChI is InChI=1S/C30H26F4N6O3S/c1-18(2)24-15-21(31)6-11-25(24)40-26(16-44-29(40)42)37-28(41)35-13-12-19-4-3-5-20(14-19)27-36-17-39(38-27)22-7-9-23(10-8-22)43-30(32,33)34/h3-11,14-15,17-18H,12-13,16H2,1-2H3,(H,35,41). The molecule has 1 aliphatic heterocycles. The number of thioether (sulfide) groups is 1. The second-order valence-corrected chi connectivity index (χ2v) is 10.9. The first-order chi connectivity index (χ1) is 21.0. The predicted octanol–water partition coefficient (Wildman–Crippen LogP) is 7.12. The van der Waals surface area contributed by atoms with Crippen molar-refractivity contribution in [2.75, 3.05) is 17.2 Å². The summed E-state index contributed by atoms with van der Waals surface area (Å²) in [7, 11) is 0. The first kappa shape index (κ1) is 30.7. The van der Waals surface area contributed by atoms with E-state index in [0.29, 0.717) is 34.7 Å². The second kappa shape index (κ2) is 12.9. The summed E-state index contributed by atoms with van der Waals surface area (Å²) in [5.74, 6) is 0.0967. The zero-order chi connectivity index (χ0) is 31.4. The van der Waals surface area contributed by atoms with E-state index in [2.05, 4.69) is 25.1 Å². The van der Waals surface area contributed by atoms with Gasteiger partial charge < -0.3 is 10.1 Å². The molecular weight excluding hydrogens is 600 g/mol. The minimum absolute atomic E-state index is 0.0535. The van der Waals surface area contributed by atoms with Crippen molar-refractivity contribution in [1.29, 1.82) is 0 Å². The number of amidine groups is 1. The van der Waals surface area contributed by atoms with Gasteiger partial charge in [-0.25, -0.2) is 18.9 Å². The molecule has 5 rings (SSSR count). The number of hydrogen-bond acceptors (Lipinski definition) is 6. The molecule has 1 N–H and O–H groups in total. The number of nitrogens with one attached hydrogen (secondary N) is 1. The minimum Gasteiger partial charge on any atom is -0.406 e. The van der Waals surface area contributed by atoms with Crippen LogP contribution in [-0.4, -0.2) is 50.5 Å². The van der Waals surface area contributed by atoms with Gasteiger partial charge in [0.2, 0.25) is 0 Å². The van der Waals surface area contributed by atoms with E-state index in [1.165, 1.54) is 58.4 Å². The van der Waals surface area contributed by atoms with Crippen LogP contribution in [0.2, 0.25) is 0 Å². The molecule has 4 aromatic rings. The van der Waals surface area contributed by atoms with Gasteiger partial charge >= 0.3 is 12.4 Å². The Morgan fingerprint density at radius 1 is 1.11 bits per heavy atom. The summed E-state index contributed by atoms with van der Waals surface area (Å²) in [6.07, 6.45) is -2.85. The van der Waals surface area contributed by atoms with Crippen molar-refractivity contribution in [2.45, 2.75) is 32.5 Å². The minimum atomic E-state index is -4.77. The zero-order valence-electron chi connectivity index (χ0n) is 23.5. The van der Waals surface area contributed by atoms with Crippen molar-refractivity contribution in [1.82, 2.24) is 20.1 Å². The van der Waals surface area contributed by atoms with Gasteiger partial charge in [-0.1, -0.05) is 43.8 Å². The Morgan fingerprint density at radius 3 is 2.61 bits per heavy atom. The van der Waals surface area contributed by atoms with Crippen molar-refractivity contribution < 1.29 is 31.9 Å². The van der Waals surface area contributed by atoms with Gasteiger partial charge in [-0.15, -0.1) is 18.3 Å². The summed E-state index contributed by atoms with van der Waals surface area (Å²) in [5, 5.41) is 6.88. The van der Waals surface area contributed by atoms with Crippen molar-refractivity contribution in [2.24, 2.45) is 4.99 Å². The average Bonchev–Trinajstić information content (AvgIpc) is 3.60. The van der Waals surface area contributed by atoms with Gasteiger partial charge in [0.25, 0.3) is 5.24 Å². The highest BCUT2D eigenvalue weighted by molar-refractivity contribution is 8.15. The molecule has 1 fully saturated rings. The van der Waals surface area contributed by atoms with Gasteiger partial charge in [0, 0.05) is 12.1 Å². The average molecular weight is 627 g/mol. The fraction of sp³-hybridized carbons (Fsp3) is 0.233. The third-order valence-electron chi connectivity index (χ3n) is 6.55. The second-order valence-electron chi connectivity index (χ2n) is 10.0. The van der Waals surface area contributed by atoms with Crippen molar-refractivity contribution in [3.8, 4) is 22.8 Å². The van der Waals surface area contributed by atoms with E-state index in [0.717, 1.165) is 17.3 Å². The Morgan fingerprint density at radius 2 is 1.89 bits per heavy atom. The molecule has 0 radical (unpaired) electrons. The number of carbonyl (C=O) groups is 2. The molecule has 2 heterocycles. The van der Waals surface area contributed by atoms with Crippen molar-refractivity contribution in [3.63, 3.8) is 0 Å². The molecule has 0 aliphatic carbocycles. The number of amides is 3. The largest absolute Gasteiger partial charge is 0.573 e. The van der Waals surface area contributed by atoms with Crippen molar-refractivity contribution in [3.05, 3.63) is 90.0 Å². The van der Waals surface area contributed by atoms with E-state index in [1.54, 1.807) is 0 Å². The van der Waals surface area contributed by atoms with Gasteiger partial charge in [0.1, 0.15) is 23.7 Å². The maximum Gasteiger partial charge on any atom is 0.573 e. The molecule has 0 unspecified atom stereocenters. The Labute approximate surface area is 254 Å². The molecule has 9 nitrogen and oxygen atoms in total. The Kier molecular flexibility index (Phi) is 8.99. The molecule has 0 spiro atoms. The molecule has 0 saturated carbocycles. The van der Waals surface area contributed by atoms with Gasteiger partial charge in [0.05, 0.1) is 17.1 Å². The number of hydrogen-bond donors (Lipinski definition) is 1. The van der Waals surface area contributed by atoms with Gasteiger partial charge in [-0.05, 0) is 72.0 Å². The van der Waals surface area contributed by atoms with Gasteiger partial charge in [0.15, 0.2) is 5.82 Å². The lowest BCUT2D eigenvalue weighted by molar-refractivity contribution is -0.274. The van der Waals surface area contributed by atoms with Crippen LogP contribution in [0, 0.1) is 5.82 Å². The van der Waals surface area contributed by atoms with Crippen LogP contribution in [0.3, 0.4) is 0 Å². The molecule has 14 heteroatoms. The summed E-state index contributed by atoms with van der Waals surface area (Å²) in [5.41, 5.74) is 3.24. The first-order valence-corrected chi connectivity index (χ1v) is 14.4. The van der Waals surface area contributed by atoms with Crippen LogP contribution >= 0.6 is 11.8 Å². The quantitative estimate of drug-likeness (QED) is 0.209. The number of anilines is 1. The van der Waals surface area contributed by atoms with Crippen LogP contribution < -0.4 is 15.0 Å². The van der Waals surface area contributed by atoms with Crippen LogP contribution in [0.25, 0.3) is 17.1 Å². The number of carbonyl (C=O) groups excluding carboxylic acids is 2. The van der Waals surface area contributed by atoms with E-state index < -0.39 is 18.2 Å². The molecule has 44 heavy (non-hydrogen) atoms. The third-order valence-corrected chi connectivity index (χ3v) is 7.38. The number of aliphatic imine (C=N–C) groups is 1. The van der Waals surface area contributed by atoms with Crippen LogP contribution in [0.4, 0.5) is 32.8 Å². The summed E-state index contributed by atoms with van der Waals surface area (Å²) in [6, 6.07) is 16.2. The smallest absolute Gasteiger partial charge is 0.406 e. The van der Waals surface area contributed by atoms with E-state index in [4.69, 9.17) is 0 Å². The van der Waals surface area contributed by atoms with Crippen LogP contribution in [-0.2, 0) is 6.42 Å². The summed E-state index contributed by atoms with van der Waals surface area (Å²) in [6.45, 7) is 4.05. The van der Waals surface area contributed by atoms with E-state index in [-0.39, 0.29) is 35.0 Å². The number of rotatable bonds is 8. The Hall–Kier alpha value is -4.72. The molecule has 0 atom stereocenters. The molecule has 1 aliphatic rings. The normalized spacial score (nSPS) is 14.5. The number of alkyl halides is 3. The third kappa shape index (κ3) is 7.43. The van der Waals surface area contributed by atoms with Crippen molar-refractivity contribution >= 4 is 34.6 Å². The number of halogens is 4. The van der Waals surface area contributed by atoms with Crippen LogP contribution in [0.1, 0.15) is 30.9 Å². The van der Waals surface area contributed by atoms with Crippen LogP contribution in [0.5, 0.6) is 5.75 Å². The summed E-state index contributed by atoms with van der Waals surface area (Å²) < 4.78 is 56.5. The fourth-order valence-electron chi connectivity index (χ4n) is 4.53. The Bertz CT molecular complexity index is 1710. The maximum atomic E-state index is 13.9. The number of aromatic nitrogens is 3. The molecular formula is C30H26F4N6O3S. The molecule has 3 aromatic carbocycles. The number of urea groups is 1. The van der Waals surface area contributed by atoms with Crippen LogP contribution in [0.15, 0.2) is 78.0 Å². The molecule has 3 amide bonds. The monoisotopic (exact) mass is 626 g/mol. The van der Waals surface area contributed by atoms with Gasteiger partial charge in [-0.3, -0.25) is 9.69 Å². The molecule has 1 aromatic heterocycles. The SMILES string of the molecule is CC(C)c1cc(F)ccc1N1C(=O)SCC1=NC(=O)NCCc1cccc(-c2ncn(-c3ccc(OC(F)(F)F)cc3)n2)c1. The highest BCUT2D eigenvalue weighted by Gasteiger charge is 2.33. The highest BCUT2D eigenvalue weighted by atomic mass is 32.2. The van der Waals surface area contributed by atoms with E-state index in [1.807, 2.05) is 38.1 Å². The maximum absolute atomic E-state index is 13.9. The molecule has 0 bridgehead atoms.